The Morgan fingerprint density at radius 2 is 1.95 bits per heavy atom. The van der Waals surface area contributed by atoms with Crippen LogP contribution in [0, 0.1) is 5.92 Å². The summed E-state index contributed by atoms with van der Waals surface area (Å²) in [6.07, 6.45) is 2.20. The number of fused-ring (bicyclic) bond motifs is 3. The van der Waals surface area contributed by atoms with Gasteiger partial charge >= 0.3 is 12.0 Å². The summed E-state index contributed by atoms with van der Waals surface area (Å²) in [7, 11) is 0. The quantitative estimate of drug-likeness (QED) is 0.699. The van der Waals surface area contributed by atoms with Crippen molar-refractivity contribution in [1.82, 2.24) is 15.5 Å². The van der Waals surface area contributed by atoms with Crippen LogP contribution < -0.4 is 10.6 Å². The molecule has 6 heteroatoms. The molecule has 2 amide bonds. The Morgan fingerprint density at radius 1 is 1.32 bits per heavy atom. The molecule has 2 bridgehead atoms. The Kier molecular flexibility index (Phi) is 3.99. The molecule has 6 nitrogen and oxygen atoms in total. The summed E-state index contributed by atoms with van der Waals surface area (Å²) in [4.78, 5) is 25.0. The van der Waals surface area contributed by atoms with Gasteiger partial charge in [0.25, 0.3) is 0 Å². The van der Waals surface area contributed by atoms with Gasteiger partial charge in [0.05, 0.1) is 6.42 Å². The molecule has 0 radical (unpaired) electrons. The lowest BCUT2D eigenvalue weighted by molar-refractivity contribution is -0.138. The van der Waals surface area contributed by atoms with Crippen molar-refractivity contribution in [3.63, 3.8) is 0 Å². The van der Waals surface area contributed by atoms with E-state index in [9.17, 15) is 9.59 Å². The van der Waals surface area contributed by atoms with Gasteiger partial charge in [-0.3, -0.25) is 4.79 Å². The van der Waals surface area contributed by atoms with Crippen molar-refractivity contribution in [2.75, 3.05) is 19.6 Å². The largest absolute Gasteiger partial charge is 0.481 e. The van der Waals surface area contributed by atoms with Crippen LogP contribution in [0.25, 0.3) is 0 Å². The van der Waals surface area contributed by atoms with E-state index in [2.05, 4.69) is 15.5 Å². The van der Waals surface area contributed by atoms with Crippen molar-refractivity contribution in [2.45, 2.75) is 44.7 Å². The van der Waals surface area contributed by atoms with E-state index in [0.29, 0.717) is 5.92 Å². The minimum atomic E-state index is -0.909. The summed E-state index contributed by atoms with van der Waals surface area (Å²) < 4.78 is 0. The summed E-state index contributed by atoms with van der Waals surface area (Å²) >= 11 is 0. The number of nitrogens with one attached hydrogen (secondary N) is 2. The number of carbonyl (C=O) groups is 2. The molecule has 0 aliphatic carbocycles. The van der Waals surface area contributed by atoms with Crippen LogP contribution >= 0.6 is 0 Å². The van der Waals surface area contributed by atoms with Crippen molar-refractivity contribution >= 4 is 12.0 Å². The number of carbonyl (C=O) groups excluding carboxylic acids is 1. The highest BCUT2D eigenvalue weighted by molar-refractivity contribution is 5.76. The highest BCUT2D eigenvalue weighted by atomic mass is 16.4. The monoisotopic (exact) mass is 269 g/mol. The minimum absolute atomic E-state index is 0.0827. The van der Waals surface area contributed by atoms with Crippen LogP contribution in [0.3, 0.4) is 0 Å². The van der Waals surface area contributed by atoms with E-state index >= 15 is 0 Å². The van der Waals surface area contributed by atoms with E-state index in [4.69, 9.17) is 5.11 Å². The maximum Gasteiger partial charge on any atom is 0.315 e. The van der Waals surface area contributed by atoms with Gasteiger partial charge in [-0.15, -0.1) is 0 Å². The Labute approximate surface area is 113 Å². The average Bonchev–Trinajstić information content (AvgIpc) is 2.27. The molecule has 3 aliphatic rings. The van der Waals surface area contributed by atoms with E-state index in [-0.39, 0.29) is 18.5 Å². The summed E-state index contributed by atoms with van der Waals surface area (Å²) in [5.41, 5.74) is -0.732. The van der Waals surface area contributed by atoms with E-state index in [1.807, 2.05) is 0 Å². The molecular formula is C13H23N3O3. The number of hydrogen-bond donors (Lipinski definition) is 3. The molecule has 0 aromatic heterocycles. The fourth-order valence-electron chi connectivity index (χ4n) is 3.06. The van der Waals surface area contributed by atoms with Crippen molar-refractivity contribution in [3.8, 4) is 0 Å². The van der Waals surface area contributed by atoms with Gasteiger partial charge in [0, 0.05) is 18.1 Å². The van der Waals surface area contributed by atoms with Gasteiger partial charge in [-0.2, -0.15) is 0 Å². The first-order valence-electron chi connectivity index (χ1n) is 6.88. The van der Waals surface area contributed by atoms with Gasteiger partial charge < -0.3 is 20.6 Å². The lowest BCUT2D eigenvalue weighted by Crippen LogP contribution is -2.60. The first-order valence-corrected chi connectivity index (χ1v) is 6.88. The third-order valence-electron chi connectivity index (χ3n) is 4.02. The molecule has 3 fully saturated rings. The van der Waals surface area contributed by atoms with Crippen LogP contribution in [0.2, 0.25) is 0 Å². The van der Waals surface area contributed by atoms with Gasteiger partial charge in [-0.05, 0) is 45.7 Å². The smallest absolute Gasteiger partial charge is 0.315 e. The fraction of sp³-hybridized carbons (Fsp3) is 0.846. The van der Waals surface area contributed by atoms with Gasteiger partial charge in [0.2, 0.25) is 0 Å². The third kappa shape index (κ3) is 3.83. The molecule has 1 unspecified atom stereocenters. The first kappa shape index (κ1) is 14.1. The second-order valence-corrected chi connectivity index (χ2v) is 6.30. The van der Waals surface area contributed by atoms with Crippen LogP contribution in [-0.4, -0.2) is 53.2 Å². The van der Waals surface area contributed by atoms with Gasteiger partial charge in [-0.25, -0.2) is 4.79 Å². The SMILES string of the molecule is CC(C)(CC(=O)O)NC(=O)NC1CN2CCC1CC2. The number of rotatable bonds is 4. The van der Waals surface area contributed by atoms with Crippen molar-refractivity contribution in [1.29, 1.82) is 0 Å². The van der Waals surface area contributed by atoms with Crippen molar-refractivity contribution in [2.24, 2.45) is 5.92 Å². The number of aliphatic carboxylic acids is 1. The number of urea groups is 1. The Hall–Kier alpha value is -1.30. The van der Waals surface area contributed by atoms with Gasteiger partial charge in [0.1, 0.15) is 0 Å². The standard InChI is InChI=1S/C13H23N3O3/c1-13(2,7-11(17)18)15-12(19)14-10-8-16-5-3-9(10)4-6-16/h9-10H,3-8H2,1-2H3,(H,17,18)(H2,14,15,19). The number of piperidine rings is 3. The summed E-state index contributed by atoms with van der Waals surface area (Å²) in [5.74, 6) is -0.341. The van der Waals surface area contributed by atoms with Crippen molar-refractivity contribution < 1.29 is 14.7 Å². The number of nitrogens with zero attached hydrogens (tertiary/aromatic N) is 1. The molecule has 3 rings (SSSR count). The third-order valence-corrected chi connectivity index (χ3v) is 4.02. The maximum absolute atomic E-state index is 12.0. The zero-order chi connectivity index (χ0) is 14.0. The molecule has 0 aromatic carbocycles. The van der Waals surface area contributed by atoms with Crippen LogP contribution in [0.5, 0.6) is 0 Å². The molecule has 108 valence electrons. The topological polar surface area (TPSA) is 81.7 Å². The van der Waals surface area contributed by atoms with Crippen LogP contribution in [0.1, 0.15) is 33.1 Å². The molecule has 3 saturated heterocycles. The predicted octanol–water partition coefficient (Wildman–Crippen LogP) is 0.633. The van der Waals surface area contributed by atoms with E-state index in [1.165, 1.54) is 0 Å². The van der Waals surface area contributed by atoms with Crippen LogP contribution in [-0.2, 0) is 4.79 Å². The Morgan fingerprint density at radius 3 is 2.42 bits per heavy atom. The van der Waals surface area contributed by atoms with E-state index < -0.39 is 11.5 Å². The molecule has 19 heavy (non-hydrogen) atoms. The second kappa shape index (κ2) is 5.36. The summed E-state index contributed by atoms with van der Waals surface area (Å²) in [6.45, 7) is 6.62. The summed E-state index contributed by atoms with van der Waals surface area (Å²) in [5, 5.41) is 14.5. The zero-order valence-electron chi connectivity index (χ0n) is 11.6. The predicted molar refractivity (Wildman–Crippen MR) is 71.0 cm³/mol. The number of carboxylic acids is 1. The number of carboxylic acid groups (broad SMARTS) is 1. The molecule has 0 saturated carbocycles. The fourth-order valence-corrected chi connectivity index (χ4v) is 3.06. The van der Waals surface area contributed by atoms with Crippen molar-refractivity contribution in [3.05, 3.63) is 0 Å². The zero-order valence-corrected chi connectivity index (χ0v) is 11.6. The lowest BCUT2D eigenvalue weighted by atomic mass is 9.84. The molecule has 3 N–H and O–H groups in total. The maximum atomic E-state index is 12.0. The molecule has 1 atom stereocenters. The lowest BCUT2D eigenvalue weighted by Gasteiger charge is -2.45. The Bertz CT molecular complexity index is 362. The number of hydrogen-bond acceptors (Lipinski definition) is 3. The molecule has 0 spiro atoms. The summed E-state index contributed by atoms with van der Waals surface area (Å²) in [6, 6.07) is -0.0619. The van der Waals surface area contributed by atoms with Crippen LogP contribution in [0.4, 0.5) is 4.79 Å². The van der Waals surface area contributed by atoms with E-state index in [0.717, 1.165) is 32.5 Å². The van der Waals surface area contributed by atoms with E-state index in [1.54, 1.807) is 13.8 Å². The van der Waals surface area contributed by atoms with Gasteiger partial charge in [-0.1, -0.05) is 0 Å². The first-order chi connectivity index (χ1) is 8.85. The minimum Gasteiger partial charge on any atom is -0.481 e. The normalized spacial score (nSPS) is 29.9. The Balaban J connectivity index is 1.83. The van der Waals surface area contributed by atoms with Crippen LogP contribution in [0.15, 0.2) is 0 Å². The second-order valence-electron chi connectivity index (χ2n) is 6.30. The van der Waals surface area contributed by atoms with Gasteiger partial charge in [0.15, 0.2) is 0 Å². The molecular weight excluding hydrogens is 246 g/mol. The molecule has 3 aliphatic heterocycles. The molecule has 0 aromatic rings. The average molecular weight is 269 g/mol. The highest BCUT2D eigenvalue weighted by Gasteiger charge is 2.35. The highest BCUT2D eigenvalue weighted by Crippen LogP contribution is 2.27. The molecule has 3 heterocycles. The number of amides is 2.